The van der Waals surface area contributed by atoms with Gasteiger partial charge in [-0.2, -0.15) is 0 Å². The average Bonchev–Trinajstić information content (AvgIpc) is 2.55. The van der Waals surface area contributed by atoms with E-state index < -0.39 is 0 Å². The molecule has 0 saturated carbocycles. The van der Waals surface area contributed by atoms with Gasteiger partial charge in [0, 0.05) is 37.5 Å². The van der Waals surface area contributed by atoms with Crippen molar-refractivity contribution in [1.82, 2.24) is 9.21 Å². The number of rotatable bonds is 3. The highest BCUT2D eigenvalue weighted by Crippen LogP contribution is 2.27. The summed E-state index contributed by atoms with van der Waals surface area (Å²) in [6, 6.07) is 15.0. The molecule has 2 aromatic rings. The Labute approximate surface area is 130 Å². The van der Waals surface area contributed by atoms with E-state index in [-0.39, 0.29) is 5.91 Å². The summed E-state index contributed by atoms with van der Waals surface area (Å²) in [7, 11) is 0. The lowest BCUT2D eigenvalue weighted by atomic mass is 10.1. The molecule has 0 radical (unpaired) electrons. The minimum Gasteiger partial charge on any atom is -0.340 e. The van der Waals surface area contributed by atoms with Crippen molar-refractivity contribution in [2.24, 2.45) is 0 Å². The molecule has 4 heteroatoms. The van der Waals surface area contributed by atoms with E-state index in [0.717, 1.165) is 26.2 Å². The van der Waals surface area contributed by atoms with Crippen molar-refractivity contribution in [3.63, 3.8) is 0 Å². The third kappa shape index (κ3) is 3.39. The second-order valence-electron chi connectivity index (χ2n) is 5.26. The number of amides is 1. The van der Waals surface area contributed by atoms with Gasteiger partial charge >= 0.3 is 0 Å². The second-order valence-corrected chi connectivity index (χ2v) is 6.43. The van der Waals surface area contributed by atoms with Gasteiger partial charge in [0.2, 0.25) is 5.91 Å². The van der Waals surface area contributed by atoms with Crippen molar-refractivity contribution in [3.05, 3.63) is 42.5 Å². The Bertz CT molecular complexity index is 635. The van der Waals surface area contributed by atoms with Crippen molar-refractivity contribution in [1.29, 1.82) is 0 Å². The molecule has 0 unspecified atom stereocenters. The fourth-order valence-corrected chi connectivity index (χ4v) is 3.58. The number of hydrogen-bond donors (Lipinski definition) is 0. The molecule has 1 aliphatic rings. The standard InChI is InChI=1S/C17H20N2OS/c1-2-17(20)18-9-11-19(12-10-18)21-16-8-7-14-5-3-4-6-15(14)13-16/h3-8,13H,2,9-12H2,1H3. The lowest BCUT2D eigenvalue weighted by Crippen LogP contribution is -2.46. The first-order chi connectivity index (χ1) is 10.3. The van der Waals surface area contributed by atoms with E-state index in [2.05, 4.69) is 46.8 Å². The number of hydrogen-bond acceptors (Lipinski definition) is 3. The molecule has 0 aromatic heterocycles. The zero-order valence-corrected chi connectivity index (χ0v) is 13.1. The quantitative estimate of drug-likeness (QED) is 0.812. The predicted octanol–water partition coefficient (Wildman–Crippen LogP) is 3.40. The number of benzene rings is 2. The van der Waals surface area contributed by atoms with Crippen LogP contribution in [0.2, 0.25) is 0 Å². The van der Waals surface area contributed by atoms with Crippen LogP contribution in [0, 0.1) is 0 Å². The van der Waals surface area contributed by atoms with Crippen molar-refractivity contribution < 1.29 is 4.79 Å². The van der Waals surface area contributed by atoms with Crippen LogP contribution in [0.1, 0.15) is 13.3 Å². The van der Waals surface area contributed by atoms with E-state index >= 15 is 0 Å². The number of fused-ring (bicyclic) bond motifs is 1. The van der Waals surface area contributed by atoms with Crippen molar-refractivity contribution >= 4 is 28.6 Å². The molecule has 3 nitrogen and oxygen atoms in total. The molecule has 1 fully saturated rings. The Kier molecular flexibility index (Phi) is 4.46. The van der Waals surface area contributed by atoms with E-state index in [9.17, 15) is 4.79 Å². The lowest BCUT2D eigenvalue weighted by molar-refractivity contribution is -0.131. The summed E-state index contributed by atoms with van der Waals surface area (Å²) < 4.78 is 2.35. The van der Waals surface area contributed by atoms with Gasteiger partial charge in [-0.1, -0.05) is 37.3 Å². The number of carbonyl (C=O) groups is 1. The summed E-state index contributed by atoms with van der Waals surface area (Å²) in [5.41, 5.74) is 0. The molecule has 0 aliphatic carbocycles. The molecular weight excluding hydrogens is 280 g/mol. The number of piperazine rings is 1. The van der Waals surface area contributed by atoms with E-state index in [4.69, 9.17) is 0 Å². The van der Waals surface area contributed by atoms with Crippen molar-refractivity contribution in [2.45, 2.75) is 18.2 Å². The maximum Gasteiger partial charge on any atom is 0.222 e. The summed E-state index contributed by atoms with van der Waals surface area (Å²) in [6.07, 6.45) is 0.609. The minimum atomic E-state index is 0.269. The monoisotopic (exact) mass is 300 g/mol. The Morgan fingerprint density at radius 3 is 2.48 bits per heavy atom. The van der Waals surface area contributed by atoms with Crippen molar-refractivity contribution in [3.8, 4) is 0 Å². The average molecular weight is 300 g/mol. The molecule has 0 atom stereocenters. The molecule has 0 N–H and O–H groups in total. The van der Waals surface area contributed by atoms with Gasteiger partial charge in [-0.15, -0.1) is 0 Å². The Hall–Kier alpha value is -1.52. The zero-order chi connectivity index (χ0) is 14.7. The van der Waals surface area contributed by atoms with Gasteiger partial charge in [0.15, 0.2) is 0 Å². The van der Waals surface area contributed by atoms with Gasteiger partial charge in [0.1, 0.15) is 0 Å². The molecule has 1 amide bonds. The molecule has 1 saturated heterocycles. The number of nitrogens with zero attached hydrogens (tertiary/aromatic N) is 2. The Balaban J connectivity index is 1.63. The molecular formula is C17H20N2OS. The lowest BCUT2D eigenvalue weighted by Gasteiger charge is -2.33. The molecule has 110 valence electrons. The maximum absolute atomic E-state index is 11.7. The fraction of sp³-hybridized carbons (Fsp3) is 0.353. The van der Waals surface area contributed by atoms with Gasteiger partial charge in [-0.25, -0.2) is 4.31 Å². The van der Waals surface area contributed by atoms with Gasteiger partial charge in [0.25, 0.3) is 0 Å². The Morgan fingerprint density at radius 2 is 1.76 bits per heavy atom. The summed E-state index contributed by atoms with van der Waals surface area (Å²) >= 11 is 1.80. The first-order valence-electron chi connectivity index (χ1n) is 7.46. The van der Waals surface area contributed by atoms with Crippen LogP contribution in [0.4, 0.5) is 0 Å². The van der Waals surface area contributed by atoms with Gasteiger partial charge in [-0.3, -0.25) is 4.79 Å². The van der Waals surface area contributed by atoms with Crippen molar-refractivity contribution in [2.75, 3.05) is 26.2 Å². The van der Waals surface area contributed by atoms with Gasteiger partial charge < -0.3 is 4.90 Å². The highest BCUT2D eigenvalue weighted by molar-refractivity contribution is 7.97. The van der Waals surface area contributed by atoms with Crippen LogP contribution in [0.25, 0.3) is 10.8 Å². The largest absolute Gasteiger partial charge is 0.340 e. The molecule has 0 bridgehead atoms. The zero-order valence-electron chi connectivity index (χ0n) is 12.3. The molecule has 2 aromatic carbocycles. The summed E-state index contributed by atoms with van der Waals surface area (Å²) in [6.45, 7) is 5.48. The number of carbonyl (C=O) groups excluding carboxylic acids is 1. The summed E-state index contributed by atoms with van der Waals surface area (Å²) in [4.78, 5) is 14.9. The molecule has 1 aliphatic heterocycles. The van der Waals surface area contributed by atoms with Crippen LogP contribution in [0.3, 0.4) is 0 Å². The highest BCUT2D eigenvalue weighted by atomic mass is 32.2. The van der Waals surface area contributed by atoms with E-state index in [1.807, 2.05) is 11.8 Å². The minimum absolute atomic E-state index is 0.269. The SMILES string of the molecule is CCC(=O)N1CCN(Sc2ccc3ccccc3c2)CC1. The van der Waals surface area contributed by atoms with Crippen LogP contribution in [-0.4, -0.2) is 41.3 Å². The van der Waals surface area contributed by atoms with Gasteiger partial charge in [-0.05, 0) is 34.9 Å². The van der Waals surface area contributed by atoms with E-state index in [1.54, 1.807) is 11.9 Å². The molecule has 0 spiro atoms. The first kappa shape index (κ1) is 14.4. The second kappa shape index (κ2) is 6.50. The fourth-order valence-electron chi connectivity index (χ4n) is 2.63. The molecule has 1 heterocycles. The molecule has 21 heavy (non-hydrogen) atoms. The van der Waals surface area contributed by atoms with Crippen LogP contribution in [0.15, 0.2) is 47.4 Å². The normalized spacial score (nSPS) is 16.3. The summed E-state index contributed by atoms with van der Waals surface area (Å²) in [5.74, 6) is 0.269. The van der Waals surface area contributed by atoms with Crippen LogP contribution in [0.5, 0.6) is 0 Å². The highest BCUT2D eigenvalue weighted by Gasteiger charge is 2.20. The van der Waals surface area contributed by atoms with Gasteiger partial charge in [0.05, 0.1) is 0 Å². The maximum atomic E-state index is 11.7. The van der Waals surface area contributed by atoms with E-state index in [1.165, 1.54) is 15.7 Å². The third-order valence-corrected chi connectivity index (χ3v) is 4.94. The summed E-state index contributed by atoms with van der Waals surface area (Å²) in [5, 5.41) is 2.56. The predicted molar refractivity (Wildman–Crippen MR) is 88.2 cm³/mol. The topological polar surface area (TPSA) is 23.6 Å². The Morgan fingerprint density at radius 1 is 1.05 bits per heavy atom. The smallest absolute Gasteiger partial charge is 0.222 e. The van der Waals surface area contributed by atoms with Crippen LogP contribution < -0.4 is 0 Å². The van der Waals surface area contributed by atoms with Crippen LogP contribution in [-0.2, 0) is 4.79 Å². The van der Waals surface area contributed by atoms with E-state index in [0.29, 0.717) is 6.42 Å². The van der Waals surface area contributed by atoms with Crippen LogP contribution >= 0.6 is 11.9 Å². The first-order valence-corrected chi connectivity index (χ1v) is 8.23. The molecule has 3 rings (SSSR count). The third-order valence-electron chi connectivity index (χ3n) is 3.85.